The van der Waals surface area contributed by atoms with Crippen molar-refractivity contribution in [3.63, 3.8) is 0 Å². The lowest BCUT2D eigenvalue weighted by Crippen LogP contribution is -2.53. The average molecular weight is 262 g/mol. The zero-order chi connectivity index (χ0) is 12.5. The monoisotopic (exact) mass is 262 g/mol. The van der Waals surface area contributed by atoms with Crippen molar-refractivity contribution in [3.8, 4) is 0 Å². The summed E-state index contributed by atoms with van der Waals surface area (Å²) < 4.78 is 95.5. The van der Waals surface area contributed by atoms with Crippen LogP contribution >= 0.6 is 12.6 Å². The predicted molar refractivity (Wildman–Crippen MR) is 39.1 cm³/mol. The summed E-state index contributed by atoms with van der Waals surface area (Å²) in [4.78, 5) is 0. The number of alkyl halides is 8. The number of halogens is 8. The summed E-state index contributed by atoms with van der Waals surface area (Å²) in [6, 6.07) is 0. The highest BCUT2D eigenvalue weighted by molar-refractivity contribution is 7.80. The van der Waals surface area contributed by atoms with Gasteiger partial charge in [0.15, 0.2) is 0 Å². The molecule has 0 aliphatic carbocycles. The van der Waals surface area contributed by atoms with Crippen LogP contribution in [0, 0.1) is 0 Å². The molecule has 0 fully saturated rings. The Labute approximate surface area is 85.0 Å². The second-order valence-electron chi connectivity index (χ2n) is 2.77. The molecule has 0 aliphatic rings. The van der Waals surface area contributed by atoms with Crippen LogP contribution in [0.25, 0.3) is 0 Å². The lowest BCUT2D eigenvalue weighted by Gasteiger charge is -2.29. The van der Waals surface area contributed by atoms with Crippen molar-refractivity contribution < 1.29 is 35.1 Å². The van der Waals surface area contributed by atoms with Crippen LogP contribution in [0.3, 0.4) is 0 Å². The van der Waals surface area contributed by atoms with Gasteiger partial charge in [-0.05, 0) is 6.42 Å². The van der Waals surface area contributed by atoms with Crippen LogP contribution in [-0.2, 0) is 0 Å². The van der Waals surface area contributed by atoms with Crippen molar-refractivity contribution in [2.75, 3.05) is 0 Å². The Bertz CT molecular complexity index is 190. The van der Waals surface area contributed by atoms with E-state index in [2.05, 4.69) is 12.6 Å². The van der Waals surface area contributed by atoms with Gasteiger partial charge in [0, 0.05) is 6.42 Å². The molecular weight excluding hydrogens is 256 g/mol. The van der Waals surface area contributed by atoms with Gasteiger partial charge in [0.2, 0.25) is 0 Å². The second-order valence-corrected chi connectivity index (χ2v) is 3.33. The summed E-state index contributed by atoms with van der Waals surface area (Å²) in [5.41, 5.74) is -7.61. The van der Waals surface area contributed by atoms with E-state index in [9.17, 15) is 35.1 Å². The molecule has 0 aromatic carbocycles. The minimum absolute atomic E-state index is 1.28. The number of rotatable bonds is 3. The van der Waals surface area contributed by atoms with Gasteiger partial charge in [-0.15, -0.1) is 12.6 Å². The van der Waals surface area contributed by atoms with Gasteiger partial charge in [-0.1, -0.05) is 0 Å². The van der Waals surface area contributed by atoms with E-state index in [1.165, 1.54) is 0 Å². The van der Waals surface area contributed by atoms with Crippen molar-refractivity contribution in [2.45, 2.75) is 36.4 Å². The Morgan fingerprint density at radius 2 is 1.20 bits per heavy atom. The van der Waals surface area contributed by atoms with E-state index in [0.29, 0.717) is 0 Å². The van der Waals surface area contributed by atoms with E-state index >= 15 is 0 Å². The quantitative estimate of drug-likeness (QED) is 0.580. The van der Waals surface area contributed by atoms with Crippen LogP contribution in [0.4, 0.5) is 35.1 Å². The maximum Gasteiger partial charge on any atom is 0.431 e. The first-order chi connectivity index (χ1) is 6.42. The Kier molecular flexibility index (Phi) is 4.28. The van der Waals surface area contributed by atoms with Gasteiger partial charge in [-0.25, -0.2) is 8.78 Å². The Hall–Kier alpha value is -0.210. The van der Waals surface area contributed by atoms with Crippen molar-refractivity contribution in [3.05, 3.63) is 0 Å². The molecule has 0 bridgehead atoms. The third kappa shape index (κ3) is 3.39. The highest BCUT2D eigenvalue weighted by Crippen LogP contribution is 2.49. The predicted octanol–water partition coefficient (Wildman–Crippen LogP) is 3.82. The SMILES string of the molecule is FC(S)CCC(F)(C(F)(F)F)C(F)(F)F. The van der Waals surface area contributed by atoms with Crippen molar-refractivity contribution in [2.24, 2.45) is 0 Å². The molecule has 92 valence electrons. The summed E-state index contributed by atoms with van der Waals surface area (Å²) in [5.74, 6) is 0. The van der Waals surface area contributed by atoms with Gasteiger partial charge in [0.05, 0.1) is 0 Å². The first kappa shape index (κ1) is 14.8. The smallest absolute Gasteiger partial charge is 0.236 e. The van der Waals surface area contributed by atoms with Crippen molar-refractivity contribution in [1.29, 1.82) is 0 Å². The third-order valence-corrected chi connectivity index (χ3v) is 1.88. The maximum absolute atomic E-state index is 12.7. The topological polar surface area (TPSA) is 0 Å². The molecular formula is C6H6F8S. The van der Waals surface area contributed by atoms with E-state index in [0.717, 1.165) is 0 Å². The van der Waals surface area contributed by atoms with E-state index in [1.54, 1.807) is 0 Å². The summed E-state index contributed by atoms with van der Waals surface area (Å²) in [6.45, 7) is 0. The molecule has 0 saturated carbocycles. The molecule has 0 aromatic heterocycles. The van der Waals surface area contributed by atoms with E-state index < -0.39 is 36.4 Å². The van der Waals surface area contributed by atoms with Gasteiger partial charge in [-0.2, -0.15) is 26.3 Å². The molecule has 0 heterocycles. The van der Waals surface area contributed by atoms with Crippen LogP contribution < -0.4 is 0 Å². The van der Waals surface area contributed by atoms with Crippen molar-refractivity contribution >= 4 is 12.6 Å². The summed E-state index contributed by atoms with van der Waals surface area (Å²) in [5, 5.41) is 0. The van der Waals surface area contributed by atoms with Gasteiger partial charge in [0.1, 0.15) is 5.50 Å². The first-order valence-electron chi connectivity index (χ1n) is 3.56. The van der Waals surface area contributed by atoms with Gasteiger partial charge >= 0.3 is 12.4 Å². The second kappa shape index (κ2) is 4.34. The molecule has 0 saturated heterocycles. The molecule has 1 atom stereocenters. The minimum atomic E-state index is -6.12. The summed E-state index contributed by atoms with van der Waals surface area (Å²) in [6.07, 6.45) is -15.6. The number of hydrogen-bond donors (Lipinski definition) is 1. The van der Waals surface area contributed by atoms with Crippen molar-refractivity contribution in [1.82, 2.24) is 0 Å². The van der Waals surface area contributed by atoms with E-state index in [1.807, 2.05) is 0 Å². The highest BCUT2D eigenvalue weighted by atomic mass is 32.1. The Balaban J connectivity index is 4.90. The lowest BCUT2D eigenvalue weighted by molar-refractivity contribution is -0.343. The van der Waals surface area contributed by atoms with E-state index in [-0.39, 0.29) is 0 Å². The molecule has 0 rings (SSSR count). The van der Waals surface area contributed by atoms with Crippen LogP contribution in [0.2, 0.25) is 0 Å². The Morgan fingerprint density at radius 3 is 1.40 bits per heavy atom. The molecule has 0 amide bonds. The first-order valence-corrected chi connectivity index (χ1v) is 4.08. The molecule has 0 spiro atoms. The van der Waals surface area contributed by atoms with Gasteiger partial charge in [-0.3, -0.25) is 0 Å². The largest absolute Gasteiger partial charge is 0.431 e. The minimum Gasteiger partial charge on any atom is -0.236 e. The van der Waals surface area contributed by atoms with Gasteiger partial charge < -0.3 is 0 Å². The normalized spacial score (nSPS) is 16.6. The average Bonchev–Trinajstić information content (AvgIpc) is 1.95. The Morgan fingerprint density at radius 1 is 0.867 bits per heavy atom. The molecule has 15 heavy (non-hydrogen) atoms. The molecule has 0 N–H and O–H groups in total. The van der Waals surface area contributed by atoms with Crippen LogP contribution in [0.1, 0.15) is 12.8 Å². The van der Waals surface area contributed by atoms with E-state index in [4.69, 9.17) is 0 Å². The molecule has 9 heteroatoms. The fourth-order valence-corrected chi connectivity index (χ4v) is 0.891. The highest BCUT2D eigenvalue weighted by Gasteiger charge is 2.71. The maximum atomic E-state index is 12.7. The summed E-state index contributed by atoms with van der Waals surface area (Å²) in [7, 11) is 0. The number of thiol groups is 1. The fraction of sp³-hybridized carbons (Fsp3) is 1.00. The van der Waals surface area contributed by atoms with Crippen LogP contribution in [0.5, 0.6) is 0 Å². The molecule has 0 aromatic rings. The summed E-state index contributed by atoms with van der Waals surface area (Å²) >= 11 is 2.93. The lowest BCUT2D eigenvalue weighted by atomic mass is 9.98. The fourth-order valence-electron chi connectivity index (χ4n) is 0.762. The van der Waals surface area contributed by atoms with Gasteiger partial charge in [0.25, 0.3) is 5.67 Å². The molecule has 0 aliphatic heterocycles. The van der Waals surface area contributed by atoms with Crippen LogP contribution in [0.15, 0.2) is 0 Å². The molecule has 0 nitrogen and oxygen atoms in total. The molecule has 0 radical (unpaired) electrons. The zero-order valence-corrected chi connectivity index (χ0v) is 7.86. The molecule has 1 unspecified atom stereocenters. The zero-order valence-electron chi connectivity index (χ0n) is 6.96. The third-order valence-electron chi connectivity index (χ3n) is 1.63. The van der Waals surface area contributed by atoms with Crippen LogP contribution in [-0.4, -0.2) is 23.5 Å². The standard InChI is InChI=1S/C6H6F8S/c7-3(15)1-2-4(8,5(9,10)11)6(12,13)14/h3,15H,1-2H2. The number of hydrogen-bond acceptors (Lipinski definition) is 1.